The van der Waals surface area contributed by atoms with Gasteiger partial charge in [0.2, 0.25) is 0 Å². The van der Waals surface area contributed by atoms with Crippen molar-refractivity contribution < 1.29 is 0 Å². The van der Waals surface area contributed by atoms with Crippen LogP contribution in [0.1, 0.15) is 42.4 Å². The highest BCUT2D eigenvalue weighted by molar-refractivity contribution is 5.82. The number of benzene rings is 3. The topological polar surface area (TPSA) is 23.8 Å². The van der Waals surface area contributed by atoms with E-state index in [1.807, 2.05) is 6.07 Å². The van der Waals surface area contributed by atoms with Crippen LogP contribution in [0.5, 0.6) is 0 Å². The first-order valence-electron chi connectivity index (χ1n) is 10.2. The van der Waals surface area contributed by atoms with Crippen LogP contribution in [0.2, 0.25) is 0 Å². The second-order valence-electron chi connectivity index (χ2n) is 7.69. The molecule has 142 valence electrons. The second kappa shape index (κ2) is 8.76. The molecule has 1 aliphatic rings. The molecule has 4 rings (SSSR count). The maximum absolute atomic E-state index is 9.90. The molecule has 0 bridgehead atoms. The van der Waals surface area contributed by atoms with Crippen LogP contribution in [0, 0.1) is 17.2 Å². The molecule has 29 heavy (non-hydrogen) atoms. The maximum atomic E-state index is 9.90. The molecule has 3 aromatic carbocycles. The molecule has 0 aliphatic heterocycles. The molecule has 0 fully saturated rings. The molecular formula is C28H25N. The summed E-state index contributed by atoms with van der Waals surface area (Å²) in [6.07, 6.45) is 4.23. The average molecular weight is 376 g/mol. The van der Waals surface area contributed by atoms with Crippen molar-refractivity contribution >= 4 is 5.57 Å². The van der Waals surface area contributed by atoms with Crippen LogP contribution in [0.3, 0.4) is 0 Å². The summed E-state index contributed by atoms with van der Waals surface area (Å²) in [5.74, 6) is 0.109. The summed E-state index contributed by atoms with van der Waals surface area (Å²) < 4.78 is 0. The summed E-state index contributed by atoms with van der Waals surface area (Å²) in [6.45, 7) is 2.23. The van der Waals surface area contributed by atoms with Crippen molar-refractivity contribution in [1.82, 2.24) is 0 Å². The van der Waals surface area contributed by atoms with Gasteiger partial charge in [-0.15, -0.1) is 0 Å². The molecule has 0 N–H and O–H groups in total. The number of nitrogens with zero attached hydrogens (tertiary/aromatic N) is 1. The van der Waals surface area contributed by atoms with Crippen LogP contribution in [-0.4, -0.2) is 0 Å². The van der Waals surface area contributed by atoms with Crippen molar-refractivity contribution in [2.24, 2.45) is 5.92 Å². The molecule has 0 saturated heterocycles. The summed E-state index contributed by atoms with van der Waals surface area (Å²) in [5.41, 5.74) is 7.51. The van der Waals surface area contributed by atoms with Gasteiger partial charge in [-0.05, 0) is 53.7 Å². The van der Waals surface area contributed by atoms with Gasteiger partial charge in [-0.1, -0.05) is 96.6 Å². The maximum Gasteiger partial charge on any atom is 0.0665 e. The smallest absolute Gasteiger partial charge is 0.0665 e. The van der Waals surface area contributed by atoms with E-state index in [2.05, 4.69) is 104 Å². The summed E-state index contributed by atoms with van der Waals surface area (Å²) in [7, 11) is 0. The van der Waals surface area contributed by atoms with Crippen LogP contribution in [0.15, 0.2) is 108 Å². The minimum atomic E-state index is 0.000136. The minimum absolute atomic E-state index is 0.000136. The Bertz CT molecular complexity index is 1010. The van der Waals surface area contributed by atoms with Crippen molar-refractivity contribution in [3.05, 3.63) is 125 Å². The molecule has 3 aromatic rings. The third-order valence-corrected chi connectivity index (χ3v) is 5.85. The molecule has 2 atom stereocenters. The first-order valence-corrected chi connectivity index (χ1v) is 10.2. The zero-order chi connectivity index (χ0) is 20.1. The van der Waals surface area contributed by atoms with Crippen molar-refractivity contribution in [3.8, 4) is 6.07 Å². The molecule has 0 heterocycles. The number of hydrogen-bond donors (Lipinski definition) is 0. The van der Waals surface area contributed by atoms with Crippen molar-refractivity contribution in [3.63, 3.8) is 0 Å². The van der Waals surface area contributed by atoms with Crippen LogP contribution < -0.4 is 0 Å². The van der Waals surface area contributed by atoms with E-state index in [1.165, 1.54) is 33.4 Å². The van der Waals surface area contributed by atoms with E-state index in [1.54, 1.807) is 0 Å². The van der Waals surface area contributed by atoms with Crippen LogP contribution >= 0.6 is 0 Å². The summed E-state index contributed by atoms with van der Waals surface area (Å²) in [4.78, 5) is 0. The Kier molecular flexibility index (Phi) is 5.73. The second-order valence-corrected chi connectivity index (χ2v) is 7.69. The summed E-state index contributed by atoms with van der Waals surface area (Å²) >= 11 is 0. The van der Waals surface area contributed by atoms with Gasteiger partial charge in [-0.3, -0.25) is 0 Å². The predicted octanol–water partition coefficient (Wildman–Crippen LogP) is 7.15. The zero-order valence-electron chi connectivity index (χ0n) is 16.8. The molecule has 1 aliphatic carbocycles. The Balaban J connectivity index is 1.90. The lowest BCUT2D eigenvalue weighted by molar-refractivity contribution is 0.502. The normalized spacial score (nSPS) is 18.8. The van der Waals surface area contributed by atoms with E-state index >= 15 is 0 Å². The Morgan fingerprint density at radius 1 is 0.828 bits per heavy atom. The fraction of sp³-hybridized carbons (Fsp3) is 0.179. The molecule has 0 spiro atoms. The molecule has 0 radical (unpaired) electrons. The SMILES string of the molecule is CC1=C(C=C(c2ccccc2)c2ccccc2)[C@H](c2ccccc2)[C@H](C#N)CC1. The third-order valence-electron chi connectivity index (χ3n) is 5.85. The van der Waals surface area contributed by atoms with Gasteiger partial charge in [0.15, 0.2) is 0 Å². The Morgan fingerprint density at radius 2 is 1.34 bits per heavy atom. The lowest BCUT2D eigenvalue weighted by Crippen LogP contribution is -2.19. The van der Waals surface area contributed by atoms with Gasteiger partial charge in [0, 0.05) is 5.92 Å². The first-order chi connectivity index (χ1) is 14.3. The van der Waals surface area contributed by atoms with Gasteiger partial charge in [0.25, 0.3) is 0 Å². The summed E-state index contributed by atoms with van der Waals surface area (Å²) in [5, 5.41) is 9.90. The van der Waals surface area contributed by atoms with E-state index < -0.39 is 0 Å². The monoisotopic (exact) mass is 375 g/mol. The highest BCUT2D eigenvalue weighted by atomic mass is 14.4. The van der Waals surface area contributed by atoms with Crippen LogP contribution in [0.4, 0.5) is 0 Å². The fourth-order valence-electron chi connectivity index (χ4n) is 4.31. The first kappa shape index (κ1) is 19.0. The molecule has 1 nitrogen and oxygen atoms in total. The molecule has 0 amide bonds. The van der Waals surface area contributed by atoms with E-state index in [4.69, 9.17) is 0 Å². The van der Waals surface area contributed by atoms with Gasteiger partial charge < -0.3 is 0 Å². The van der Waals surface area contributed by atoms with Crippen LogP contribution in [0.25, 0.3) is 5.57 Å². The van der Waals surface area contributed by atoms with Gasteiger partial charge in [0.05, 0.1) is 12.0 Å². The molecule has 0 aromatic heterocycles. The van der Waals surface area contributed by atoms with Crippen LogP contribution in [-0.2, 0) is 0 Å². The summed E-state index contributed by atoms with van der Waals surface area (Å²) in [6, 6.07) is 34.2. The Morgan fingerprint density at radius 3 is 1.86 bits per heavy atom. The fourth-order valence-corrected chi connectivity index (χ4v) is 4.31. The Hall–Kier alpha value is -3.37. The van der Waals surface area contributed by atoms with E-state index in [0.29, 0.717) is 0 Å². The highest BCUT2D eigenvalue weighted by Crippen LogP contribution is 2.43. The van der Waals surface area contributed by atoms with E-state index in [0.717, 1.165) is 12.8 Å². The molecule has 0 saturated carbocycles. The minimum Gasteiger partial charge on any atom is -0.198 e. The Labute approximate surface area is 173 Å². The number of allylic oxidation sites excluding steroid dienone is 3. The lowest BCUT2D eigenvalue weighted by Gasteiger charge is -2.31. The third kappa shape index (κ3) is 4.08. The highest BCUT2D eigenvalue weighted by Gasteiger charge is 2.31. The van der Waals surface area contributed by atoms with Gasteiger partial charge in [-0.2, -0.15) is 5.26 Å². The largest absolute Gasteiger partial charge is 0.198 e. The quantitative estimate of drug-likeness (QED) is 0.475. The lowest BCUT2D eigenvalue weighted by atomic mass is 9.71. The van der Waals surface area contributed by atoms with Gasteiger partial charge in [-0.25, -0.2) is 0 Å². The van der Waals surface area contributed by atoms with E-state index in [9.17, 15) is 5.26 Å². The number of rotatable bonds is 4. The van der Waals surface area contributed by atoms with Gasteiger partial charge in [0.1, 0.15) is 0 Å². The molecule has 0 unspecified atom stereocenters. The van der Waals surface area contributed by atoms with E-state index in [-0.39, 0.29) is 11.8 Å². The molecule has 1 heteroatoms. The standard InChI is InChI=1S/C28H25N/c1-21-17-18-25(20-29)28(24-15-9-4-10-16-24)26(21)19-27(22-11-5-2-6-12-22)23-13-7-3-8-14-23/h2-16,19,25,28H,17-18H2,1H3/t25-,28+/m0/s1. The number of nitriles is 1. The average Bonchev–Trinajstić information content (AvgIpc) is 2.80. The molecular weight excluding hydrogens is 350 g/mol. The van der Waals surface area contributed by atoms with Crippen molar-refractivity contribution in [2.75, 3.05) is 0 Å². The van der Waals surface area contributed by atoms with Crippen molar-refractivity contribution in [1.29, 1.82) is 5.26 Å². The van der Waals surface area contributed by atoms with Crippen molar-refractivity contribution in [2.45, 2.75) is 25.7 Å². The zero-order valence-corrected chi connectivity index (χ0v) is 16.8. The van der Waals surface area contributed by atoms with Gasteiger partial charge >= 0.3 is 0 Å². The number of hydrogen-bond acceptors (Lipinski definition) is 1. The predicted molar refractivity (Wildman–Crippen MR) is 120 cm³/mol.